The Morgan fingerprint density at radius 1 is 1.00 bits per heavy atom. The lowest BCUT2D eigenvalue weighted by molar-refractivity contribution is 0.565. The summed E-state index contributed by atoms with van der Waals surface area (Å²) in [5.41, 5.74) is 2.77. The molecule has 0 rings (SSSR count). The highest BCUT2D eigenvalue weighted by Crippen LogP contribution is 2.00. The molecule has 0 heterocycles. The average Bonchev–Trinajstić information content (AvgIpc) is 2.04. The van der Waals surface area contributed by atoms with E-state index in [1.54, 1.807) is 0 Å². The molecular formula is C4N4O2Si. The molecule has 0 saturated heterocycles. The summed E-state index contributed by atoms with van der Waals surface area (Å²) in [7, 11) is -3.73. The van der Waals surface area contributed by atoms with Crippen LogP contribution in [0.3, 0.4) is 0 Å². The van der Waals surface area contributed by atoms with Gasteiger partial charge in [0.25, 0.3) is 0 Å². The minimum Gasteiger partial charge on any atom is -0.212 e. The monoisotopic (exact) mass is 164 g/mol. The van der Waals surface area contributed by atoms with E-state index in [2.05, 4.69) is 9.32 Å². The SMILES string of the molecule is N#C[Si](C#N)(N=C=O)N=C=O. The second-order valence-corrected chi connectivity index (χ2v) is 3.54. The zero-order valence-corrected chi connectivity index (χ0v) is 6.11. The molecule has 52 valence electrons. The summed E-state index contributed by atoms with van der Waals surface area (Å²) >= 11 is 0. The van der Waals surface area contributed by atoms with Gasteiger partial charge in [0.1, 0.15) is 11.4 Å². The van der Waals surface area contributed by atoms with Crippen molar-refractivity contribution >= 4 is 20.6 Å². The fourth-order valence-corrected chi connectivity index (χ4v) is 0.846. The van der Waals surface area contributed by atoms with E-state index in [0.717, 1.165) is 12.2 Å². The van der Waals surface area contributed by atoms with Crippen LogP contribution < -0.4 is 0 Å². The Kier molecular flexibility index (Phi) is 3.16. The van der Waals surface area contributed by atoms with Gasteiger partial charge in [-0.25, -0.2) is 20.1 Å². The number of nitrogens with zero attached hydrogens (tertiary/aromatic N) is 4. The third-order valence-corrected chi connectivity index (χ3v) is 2.18. The van der Waals surface area contributed by atoms with Crippen molar-refractivity contribution in [1.29, 1.82) is 10.5 Å². The Morgan fingerprint density at radius 2 is 1.36 bits per heavy atom. The van der Waals surface area contributed by atoms with Crippen LogP contribution in [0.15, 0.2) is 9.32 Å². The van der Waals surface area contributed by atoms with E-state index in [4.69, 9.17) is 10.5 Å². The summed E-state index contributed by atoms with van der Waals surface area (Å²) in [5, 5.41) is 16.6. The van der Waals surface area contributed by atoms with E-state index in [1.165, 1.54) is 11.4 Å². The molecule has 0 aliphatic heterocycles. The number of hydrogen-bond donors (Lipinski definition) is 0. The minimum atomic E-state index is -3.73. The van der Waals surface area contributed by atoms with Crippen LogP contribution in [0, 0.1) is 21.9 Å². The molecule has 0 N–H and O–H groups in total. The molecule has 0 aromatic heterocycles. The summed E-state index contributed by atoms with van der Waals surface area (Å²) in [6, 6.07) is 0. The lowest BCUT2D eigenvalue weighted by Crippen LogP contribution is -2.26. The molecule has 0 atom stereocenters. The molecule has 0 spiro atoms. The predicted molar refractivity (Wildman–Crippen MR) is 33.2 cm³/mol. The molecule has 6 nitrogen and oxygen atoms in total. The topological polar surface area (TPSA) is 106 Å². The molecule has 0 unspecified atom stereocenters. The van der Waals surface area contributed by atoms with Crippen molar-refractivity contribution in [3.05, 3.63) is 0 Å². The highest BCUT2D eigenvalue weighted by Gasteiger charge is 2.36. The Labute approximate surface area is 62.3 Å². The zero-order valence-electron chi connectivity index (χ0n) is 5.11. The first-order valence-corrected chi connectivity index (χ1v) is 4.14. The predicted octanol–water partition coefficient (Wildman–Crippen LogP) is -0.774. The van der Waals surface area contributed by atoms with Crippen LogP contribution in [0.1, 0.15) is 0 Å². The van der Waals surface area contributed by atoms with Crippen molar-refractivity contribution in [2.24, 2.45) is 9.32 Å². The van der Waals surface area contributed by atoms with Gasteiger partial charge in [-0.1, -0.05) is 0 Å². The molecule has 11 heavy (non-hydrogen) atoms. The Morgan fingerprint density at radius 3 is 1.55 bits per heavy atom. The van der Waals surface area contributed by atoms with Gasteiger partial charge in [0, 0.05) is 0 Å². The van der Waals surface area contributed by atoms with Crippen LogP contribution >= 0.6 is 0 Å². The molecule has 0 aliphatic carbocycles. The van der Waals surface area contributed by atoms with Crippen LogP contribution in [0.4, 0.5) is 0 Å². The Bertz CT molecular complexity index is 291. The van der Waals surface area contributed by atoms with Gasteiger partial charge in [-0.3, -0.25) is 0 Å². The highest BCUT2D eigenvalue weighted by atomic mass is 28.3. The maximum absolute atomic E-state index is 9.66. The first kappa shape index (κ1) is 8.96. The van der Waals surface area contributed by atoms with E-state index >= 15 is 0 Å². The maximum Gasteiger partial charge on any atom is 0.544 e. The van der Waals surface area contributed by atoms with Crippen LogP contribution in [0.5, 0.6) is 0 Å². The standard InChI is InChI=1S/C4N4O2Si/c5-1-11(2-6,7-3-9)8-4-10. The second kappa shape index (κ2) is 3.88. The number of carbonyl (C=O) groups excluding carboxylic acids is 2. The molecule has 0 saturated carbocycles. The van der Waals surface area contributed by atoms with E-state index < -0.39 is 8.40 Å². The van der Waals surface area contributed by atoms with Gasteiger partial charge in [-0.15, -0.1) is 0 Å². The van der Waals surface area contributed by atoms with Crippen molar-refractivity contribution in [2.45, 2.75) is 0 Å². The Hall–Kier alpha value is -2.04. The van der Waals surface area contributed by atoms with Gasteiger partial charge in [0.05, 0.1) is 0 Å². The molecule has 7 heteroatoms. The summed E-state index contributed by atoms with van der Waals surface area (Å²) in [6.45, 7) is 0. The largest absolute Gasteiger partial charge is 0.544 e. The maximum atomic E-state index is 9.66. The van der Waals surface area contributed by atoms with Crippen LogP contribution in [0.2, 0.25) is 0 Å². The average molecular weight is 164 g/mol. The fraction of sp³-hybridized carbons (Fsp3) is 0. The lowest BCUT2D eigenvalue weighted by atomic mass is 11.7. The smallest absolute Gasteiger partial charge is 0.212 e. The van der Waals surface area contributed by atoms with Gasteiger partial charge in [-0.05, 0) is 0 Å². The molecule has 0 aromatic carbocycles. The van der Waals surface area contributed by atoms with Gasteiger partial charge >= 0.3 is 8.40 Å². The van der Waals surface area contributed by atoms with E-state index in [0.29, 0.717) is 0 Å². The third kappa shape index (κ3) is 1.97. The number of rotatable bonds is 2. The Balaban J connectivity index is 5.15. The zero-order chi connectivity index (χ0) is 8.74. The minimum absolute atomic E-state index is 1.01. The van der Waals surface area contributed by atoms with Crippen molar-refractivity contribution < 1.29 is 9.59 Å². The van der Waals surface area contributed by atoms with Crippen LogP contribution in [0.25, 0.3) is 0 Å². The van der Waals surface area contributed by atoms with Gasteiger partial charge < -0.3 is 0 Å². The summed E-state index contributed by atoms with van der Waals surface area (Å²) < 4.78 is 5.73. The van der Waals surface area contributed by atoms with Gasteiger partial charge in [-0.2, -0.15) is 9.32 Å². The molecule has 0 amide bonds. The molecular weight excluding hydrogens is 164 g/mol. The lowest BCUT2D eigenvalue weighted by Gasteiger charge is -1.92. The van der Waals surface area contributed by atoms with E-state index in [1.807, 2.05) is 0 Å². The number of hydrogen-bond acceptors (Lipinski definition) is 6. The van der Waals surface area contributed by atoms with Crippen LogP contribution in [-0.4, -0.2) is 20.6 Å². The fourth-order valence-electron chi connectivity index (χ4n) is 0.282. The van der Waals surface area contributed by atoms with Crippen molar-refractivity contribution in [2.75, 3.05) is 0 Å². The molecule has 0 aliphatic rings. The third-order valence-electron chi connectivity index (χ3n) is 0.727. The quantitative estimate of drug-likeness (QED) is 0.303. The first-order chi connectivity index (χ1) is 5.24. The normalized spacial score (nSPS) is 7.82. The van der Waals surface area contributed by atoms with E-state index in [9.17, 15) is 9.59 Å². The van der Waals surface area contributed by atoms with Crippen molar-refractivity contribution in [1.82, 2.24) is 0 Å². The molecule has 0 fully saturated rings. The first-order valence-electron chi connectivity index (χ1n) is 2.25. The van der Waals surface area contributed by atoms with Gasteiger partial charge in [0.2, 0.25) is 12.2 Å². The van der Waals surface area contributed by atoms with Crippen LogP contribution in [-0.2, 0) is 9.59 Å². The summed E-state index contributed by atoms with van der Waals surface area (Å²) in [6.07, 6.45) is 2.03. The summed E-state index contributed by atoms with van der Waals surface area (Å²) in [5.74, 6) is 0. The summed E-state index contributed by atoms with van der Waals surface area (Å²) in [4.78, 5) is 19.3. The molecule has 0 bridgehead atoms. The van der Waals surface area contributed by atoms with E-state index in [-0.39, 0.29) is 0 Å². The molecule has 0 radical (unpaired) electrons. The number of isocyanates is 2. The van der Waals surface area contributed by atoms with Crippen molar-refractivity contribution in [3.8, 4) is 11.4 Å². The highest BCUT2D eigenvalue weighted by molar-refractivity contribution is 6.91. The second-order valence-electron chi connectivity index (χ2n) is 1.30. The van der Waals surface area contributed by atoms with Gasteiger partial charge in [0.15, 0.2) is 0 Å². The molecule has 0 aromatic rings. The number of nitriles is 2. The van der Waals surface area contributed by atoms with Crippen molar-refractivity contribution in [3.63, 3.8) is 0 Å².